The van der Waals surface area contributed by atoms with Crippen LogP contribution in [0.2, 0.25) is 0 Å². The third-order valence-corrected chi connectivity index (χ3v) is 5.16. The lowest BCUT2D eigenvalue weighted by Gasteiger charge is -2.17. The van der Waals surface area contributed by atoms with Crippen molar-refractivity contribution in [2.75, 3.05) is 18.1 Å². The fourth-order valence-corrected chi connectivity index (χ4v) is 3.64. The number of nitrogens with one attached hydrogen (secondary N) is 1. The Morgan fingerprint density at radius 1 is 1.26 bits per heavy atom. The molecule has 0 unspecified atom stereocenters. The van der Waals surface area contributed by atoms with Crippen molar-refractivity contribution in [2.45, 2.75) is 26.8 Å². The Hall–Kier alpha value is -3.68. The first-order valence-corrected chi connectivity index (χ1v) is 10.2. The summed E-state index contributed by atoms with van der Waals surface area (Å²) in [5.41, 5.74) is 2.37. The molecule has 1 aliphatic rings. The van der Waals surface area contributed by atoms with Gasteiger partial charge in [-0.1, -0.05) is 35.5 Å². The van der Waals surface area contributed by atoms with Crippen LogP contribution in [-0.2, 0) is 16.1 Å². The predicted molar refractivity (Wildman–Crippen MR) is 114 cm³/mol. The maximum Gasteiger partial charge on any atom is 0.227 e. The van der Waals surface area contributed by atoms with E-state index in [0.29, 0.717) is 37.1 Å². The second kappa shape index (κ2) is 8.99. The van der Waals surface area contributed by atoms with Gasteiger partial charge in [-0.05, 0) is 25.1 Å². The molecule has 2 aromatic carbocycles. The summed E-state index contributed by atoms with van der Waals surface area (Å²) < 4.78 is 10.6. The van der Waals surface area contributed by atoms with Gasteiger partial charge in [-0.25, -0.2) is 0 Å². The summed E-state index contributed by atoms with van der Waals surface area (Å²) in [7, 11) is 0. The highest BCUT2D eigenvalue weighted by Crippen LogP contribution is 2.28. The Bertz CT molecular complexity index is 1090. The normalized spacial score (nSPS) is 15.9. The van der Waals surface area contributed by atoms with Gasteiger partial charge < -0.3 is 19.5 Å². The molecule has 2 amide bonds. The molecule has 0 spiro atoms. The number of amides is 2. The van der Waals surface area contributed by atoms with Gasteiger partial charge in [-0.15, -0.1) is 0 Å². The molecule has 160 valence electrons. The highest BCUT2D eigenvalue weighted by molar-refractivity contribution is 6.00. The van der Waals surface area contributed by atoms with Crippen molar-refractivity contribution in [2.24, 2.45) is 5.92 Å². The molecule has 8 heteroatoms. The largest absolute Gasteiger partial charge is 0.494 e. The summed E-state index contributed by atoms with van der Waals surface area (Å²) in [5.74, 6) is 1.04. The van der Waals surface area contributed by atoms with E-state index in [1.54, 1.807) is 11.8 Å². The molecule has 1 aliphatic heterocycles. The van der Waals surface area contributed by atoms with Crippen molar-refractivity contribution >= 4 is 17.5 Å². The lowest BCUT2D eigenvalue weighted by atomic mass is 10.1. The molecule has 1 atom stereocenters. The van der Waals surface area contributed by atoms with Crippen LogP contribution in [-0.4, -0.2) is 35.1 Å². The highest BCUT2D eigenvalue weighted by Gasteiger charge is 2.35. The van der Waals surface area contributed by atoms with Crippen LogP contribution in [0.15, 0.2) is 53.1 Å². The summed E-state index contributed by atoms with van der Waals surface area (Å²) in [6.45, 7) is 4.88. The Morgan fingerprint density at radius 3 is 2.87 bits per heavy atom. The number of aryl methyl sites for hydroxylation is 1. The van der Waals surface area contributed by atoms with Crippen LogP contribution in [0.25, 0.3) is 11.4 Å². The number of ether oxygens (including phenoxy) is 1. The average Bonchev–Trinajstić information content (AvgIpc) is 3.39. The number of aromatic nitrogens is 2. The van der Waals surface area contributed by atoms with Gasteiger partial charge in [-0.2, -0.15) is 4.98 Å². The van der Waals surface area contributed by atoms with Crippen molar-refractivity contribution in [3.63, 3.8) is 0 Å². The van der Waals surface area contributed by atoms with Crippen LogP contribution in [0.3, 0.4) is 0 Å². The SMILES string of the molecule is CCOc1ccccc1CNC(=O)[C@H]1CC(=O)N(c2cccc(-c3noc(C)n3)c2)C1. The number of anilines is 1. The molecule has 1 fully saturated rings. The van der Waals surface area contributed by atoms with E-state index < -0.39 is 5.92 Å². The predicted octanol–water partition coefficient (Wildman–Crippen LogP) is 3.11. The van der Waals surface area contributed by atoms with Crippen LogP contribution in [0.4, 0.5) is 5.69 Å². The molecule has 0 aliphatic carbocycles. The van der Waals surface area contributed by atoms with Crippen molar-refractivity contribution in [1.82, 2.24) is 15.5 Å². The van der Waals surface area contributed by atoms with Crippen molar-refractivity contribution < 1.29 is 18.8 Å². The number of carbonyl (C=O) groups is 2. The van der Waals surface area contributed by atoms with Crippen molar-refractivity contribution in [3.05, 3.63) is 60.0 Å². The van der Waals surface area contributed by atoms with Crippen molar-refractivity contribution in [1.29, 1.82) is 0 Å². The minimum Gasteiger partial charge on any atom is -0.494 e. The number of para-hydroxylation sites is 1. The van der Waals surface area contributed by atoms with Gasteiger partial charge in [0.2, 0.25) is 23.5 Å². The molecular weight excluding hydrogens is 396 g/mol. The number of benzene rings is 2. The number of nitrogens with zero attached hydrogens (tertiary/aromatic N) is 3. The van der Waals surface area contributed by atoms with Gasteiger partial charge in [-0.3, -0.25) is 9.59 Å². The molecule has 2 heterocycles. The molecule has 4 rings (SSSR count). The summed E-state index contributed by atoms with van der Waals surface area (Å²) in [6.07, 6.45) is 0.171. The average molecular weight is 420 g/mol. The lowest BCUT2D eigenvalue weighted by Crippen LogP contribution is -2.32. The van der Waals surface area contributed by atoms with Gasteiger partial charge in [0.1, 0.15) is 5.75 Å². The second-order valence-electron chi connectivity index (χ2n) is 7.35. The van der Waals surface area contributed by atoms with Crippen LogP contribution in [0, 0.1) is 12.8 Å². The van der Waals surface area contributed by atoms with E-state index >= 15 is 0 Å². The maximum atomic E-state index is 12.7. The maximum absolute atomic E-state index is 12.7. The van der Waals surface area contributed by atoms with Gasteiger partial charge in [0.25, 0.3) is 0 Å². The Balaban J connectivity index is 1.42. The molecule has 0 radical (unpaired) electrons. The van der Waals surface area contributed by atoms with Crippen LogP contribution in [0.5, 0.6) is 5.75 Å². The molecule has 1 aromatic heterocycles. The first kappa shape index (κ1) is 20.6. The molecule has 0 saturated carbocycles. The zero-order chi connectivity index (χ0) is 21.8. The number of hydrogen-bond donors (Lipinski definition) is 1. The fourth-order valence-electron chi connectivity index (χ4n) is 3.64. The third-order valence-electron chi connectivity index (χ3n) is 5.16. The first-order valence-electron chi connectivity index (χ1n) is 10.2. The Morgan fingerprint density at radius 2 is 2.10 bits per heavy atom. The van der Waals surface area contributed by atoms with E-state index in [0.717, 1.165) is 16.9 Å². The highest BCUT2D eigenvalue weighted by atomic mass is 16.5. The molecule has 8 nitrogen and oxygen atoms in total. The number of carbonyl (C=O) groups excluding carboxylic acids is 2. The van der Waals surface area contributed by atoms with Crippen LogP contribution in [0.1, 0.15) is 24.8 Å². The molecule has 31 heavy (non-hydrogen) atoms. The quantitative estimate of drug-likeness (QED) is 0.631. The smallest absolute Gasteiger partial charge is 0.227 e. The summed E-state index contributed by atoms with van der Waals surface area (Å²) in [6, 6.07) is 15.0. The fraction of sp³-hybridized carbons (Fsp3) is 0.304. The number of hydrogen-bond acceptors (Lipinski definition) is 6. The lowest BCUT2D eigenvalue weighted by molar-refractivity contribution is -0.126. The van der Waals surface area contributed by atoms with Crippen molar-refractivity contribution in [3.8, 4) is 17.1 Å². The molecule has 3 aromatic rings. The minimum atomic E-state index is -0.414. The molecular formula is C23H24N4O4. The van der Waals surface area contributed by atoms with Gasteiger partial charge >= 0.3 is 0 Å². The Kier molecular flexibility index (Phi) is 5.97. The molecule has 1 N–H and O–H groups in total. The Labute approximate surface area is 180 Å². The zero-order valence-electron chi connectivity index (χ0n) is 17.5. The number of rotatable bonds is 7. The van der Waals surface area contributed by atoms with Gasteiger partial charge in [0.15, 0.2) is 0 Å². The standard InChI is InChI=1S/C23H24N4O4/c1-3-30-20-10-5-4-7-17(20)13-24-23(29)18-12-21(28)27(14-18)19-9-6-8-16(11-19)22-25-15(2)31-26-22/h4-11,18H,3,12-14H2,1-2H3,(H,24,29)/t18-/m0/s1. The molecule has 1 saturated heterocycles. The summed E-state index contributed by atoms with van der Waals surface area (Å²) in [5, 5.41) is 6.87. The van der Waals surface area contributed by atoms with Gasteiger partial charge in [0, 0.05) is 43.2 Å². The first-order chi connectivity index (χ1) is 15.0. The zero-order valence-corrected chi connectivity index (χ0v) is 17.5. The third kappa shape index (κ3) is 4.58. The summed E-state index contributed by atoms with van der Waals surface area (Å²) >= 11 is 0. The topological polar surface area (TPSA) is 97.6 Å². The van der Waals surface area contributed by atoms with E-state index in [4.69, 9.17) is 9.26 Å². The van der Waals surface area contributed by atoms with Crippen LogP contribution < -0.4 is 15.0 Å². The van der Waals surface area contributed by atoms with E-state index in [-0.39, 0.29) is 18.2 Å². The van der Waals surface area contributed by atoms with Crippen LogP contribution >= 0.6 is 0 Å². The minimum absolute atomic E-state index is 0.0868. The van der Waals surface area contributed by atoms with E-state index in [2.05, 4.69) is 15.5 Å². The van der Waals surface area contributed by atoms with E-state index in [9.17, 15) is 9.59 Å². The van der Waals surface area contributed by atoms with E-state index in [1.165, 1.54) is 0 Å². The molecule has 0 bridgehead atoms. The summed E-state index contributed by atoms with van der Waals surface area (Å²) in [4.78, 5) is 31.2. The van der Waals surface area contributed by atoms with Gasteiger partial charge in [0.05, 0.1) is 12.5 Å². The van der Waals surface area contributed by atoms with E-state index in [1.807, 2.05) is 55.5 Å². The second-order valence-corrected chi connectivity index (χ2v) is 7.35. The monoisotopic (exact) mass is 420 g/mol.